The van der Waals surface area contributed by atoms with Crippen molar-refractivity contribution >= 4 is 0 Å². The van der Waals surface area contributed by atoms with Crippen molar-refractivity contribution in [3.05, 3.63) is 0 Å². The van der Waals surface area contributed by atoms with Gasteiger partial charge in [0.25, 0.3) is 0 Å². The molecule has 0 bridgehead atoms. The van der Waals surface area contributed by atoms with Gasteiger partial charge in [-0.3, -0.25) is 0 Å². The Bertz CT molecular complexity index is 72.0. The van der Waals surface area contributed by atoms with Crippen molar-refractivity contribution in [2.45, 2.75) is 78.6 Å². The quantitative estimate of drug-likeness (QED) is 0.527. The normalized spacial score (nSPS) is 19.6. The summed E-state index contributed by atoms with van der Waals surface area (Å²) in [7, 11) is 0. The molecule has 2 aliphatic rings. The Labute approximate surface area is 85.1 Å². The first kappa shape index (κ1) is 13.0. The summed E-state index contributed by atoms with van der Waals surface area (Å²) >= 11 is 0. The van der Waals surface area contributed by atoms with Crippen molar-refractivity contribution in [3.8, 4) is 0 Å². The molecule has 0 aliphatic heterocycles. The summed E-state index contributed by atoms with van der Waals surface area (Å²) < 4.78 is 0. The lowest BCUT2D eigenvalue weighted by molar-refractivity contribution is 0.346. The molecule has 2 rings (SSSR count). The second-order valence-electron chi connectivity index (χ2n) is 4.45. The number of hydrogen-bond acceptors (Lipinski definition) is 0. The van der Waals surface area contributed by atoms with Gasteiger partial charge in [-0.2, -0.15) is 0 Å². The fourth-order valence-corrected chi connectivity index (χ4v) is 0.862. The van der Waals surface area contributed by atoms with E-state index in [0.29, 0.717) is 0 Å². The summed E-state index contributed by atoms with van der Waals surface area (Å²) in [5, 5.41) is 0. The van der Waals surface area contributed by atoms with Gasteiger partial charge < -0.3 is 0 Å². The highest BCUT2D eigenvalue weighted by Crippen LogP contribution is 2.24. The van der Waals surface area contributed by atoms with Gasteiger partial charge in [0.1, 0.15) is 0 Å². The van der Waals surface area contributed by atoms with E-state index in [9.17, 15) is 0 Å². The van der Waals surface area contributed by atoms with Gasteiger partial charge >= 0.3 is 0 Å². The highest BCUT2D eigenvalue weighted by molar-refractivity contribution is 4.62. The summed E-state index contributed by atoms with van der Waals surface area (Å²) in [6.45, 7) is 6.67. The average Bonchev–Trinajstić information content (AvgIpc) is 1.98. The Kier molecular flexibility index (Phi) is 10.1. The zero-order chi connectivity index (χ0) is 9.94. The average molecular weight is 184 g/mol. The third kappa shape index (κ3) is 9.92. The molecule has 0 amide bonds. The lowest BCUT2D eigenvalue weighted by atomic mass is 9.88. The first-order chi connectivity index (χ1) is 6.31. The van der Waals surface area contributed by atoms with E-state index >= 15 is 0 Å². The standard InChI is InChI=1S/C5H10.C4H8.C4H10/c1-5-3-2-4-5;1-2-4-3-1;1-3-4-2/h5H,2-4H2,1H3;1-4H2;3-4H2,1-2H3. The fraction of sp³-hybridized carbons (Fsp3) is 1.00. The third-order valence-electron chi connectivity index (χ3n) is 2.89. The number of rotatable bonds is 1. The molecule has 0 aromatic rings. The van der Waals surface area contributed by atoms with E-state index < -0.39 is 0 Å². The molecule has 0 heteroatoms. The second kappa shape index (κ2) is 10.1. The van der Waals surface area contributed by atoms with E-state index in [4.69, 9.17) is 0 Å². The van der Waals surface area contributed by atoms with Crippen molar-refractivity contribution in [3.63, 3.8) is 0 Å². The Morgan fingerprint density at radius 1 is 0.769 bits per heavy atom. The molecule has 0 radical (unpaired) electrons. The van der Waals surface area contributed by atoms with E-state index in [1.54, 1.807) is 0 Å². The van der Waals surface area contributed by atoms with Crippen LogP contribution in [0, 0.1) is 5.92 Å². The van der Waals surface area contributed by atoms with Crippen LogP contribution < -0.4 is 0 Å². The molecule has 0 aromatic heterocycles. The summed E-state index contributed by atoms with van der Waals surface area (Å²) in [5.74, 6) is 1.06. The van der Waals surface area contributed by atoms with Crippen molar-refractivity contribution in [2.24, 2.45) is 5.92 Å². The van der Waals surface area contributed by atoms with Gasteiger partial charge in [0.05, 0.1) is 0 Å². The lowest BCUT2D eigenvalue weighted by Gasteiger charge is -2.18. The van der Waals surface area contributed by atoms with Gasteiger partial charge in [-0.05, 0) is 5.92 Å². The van der Waals surface area contributed by atoms with Crippen LogP contribution >= 0.6 is 0 Å². The van der Waals surface area contributed by atoms with E-state index in [-0.39, 0.29) is 0 Å². The largest absolute Gasteiger partial charge is 0.0654 e. The zero-order valence-electron chi connectivity index (χ0n) is 9.94. The molecule has 0 unspecified atom stereocenters. The SMILES string of the molecule is C1CCC1.CC1CCC1.CCCC. The molecule has 80 valence electrons. The van der Waals surface area contributed by atoms with Crippen LogP contribution in [0.5, 0.6) is 0 Å². The smallest absolute Gasteiger partial charge is 0.0443 e. The molecule has 2 aliphatic carbocycles. The van der Waals surface area contributed by atoms with E-state index in [2.05, 4.69) is 20.8 Å². The molecule has 0 N–H and O–H groups in total. The molecule has 0 nitrogen and oxygen atoms in total. The van der Waals surface area contributed by atoms with Crippen LogP contribution in [-0.2, 0) is 0 Å². The molecule has 0 heterocycles. The van der Waals surface area contributed by atoms with Crippen LogP contribution in [-0.4, -0.2) is 0 Å². The monoisotopic (exact) mass is 184 g/mol. The Morgan fingerprint density at radius 2 is 1.08 bits per heavy atom. The highest BCUT2D eigenvalue weighted by atomic mass is 14.1. The second-order valence-corrected chi connectivity index (χ2v) is 4.45. The molecule has 0 saturated heterocycles. The third-order valence-corrected chi connectivity index (χ3v) is 2.89. The van der Waals surface area contributed by atoms with Gasteiger partial charge in [0.15, 0.2) is 0 Å². The van der Waals surface area contributed by atoms with E-state index in [1.165, 1.54) is 57.8 Å². The Balaban J connectivity index is 0.000000168. The minimum atomic E-state index is 1.06. The van der Waals surface area contributed by atoms with Gasteiger partial charge in [-0.15, -0.1) is 0 Å². The molecule has 0 aromatic carbocycles. The summed E-state index contributed by atoms with van der Waals surface area (Å²) in [5.41, 5.74) is 0. The van der Waals surface area contributed by atoms with Crippen LogP contribution in [0.25, 0.3) is 0 Å². The van der Waals surface area contributed by atoms with E-state index in [1.807, 2.05) is 0 Å². The van der Waals surface area contributed by atoms with Gasteiger partial charge in [-0.25, -0.2) is 0 Å². The van der Waals surface area contributed by atoms with Crippen LogP contribution in [0.4, 0.5) is 0 Å². The summed E-state index contributed by atoms with van der Waals surface area (Å²) in [6, 6.07) is 0. The zero-order valence-corrected chi connectivity index (χ0v) is 9.94. The maximum absolute atomic E-state index is 2.31. The molecule has 0 spiro atoms. The van der Waals surface area contributed by atoms with Gasteiger partial charge in [0, 0.05) is 0 Å². The summed E-state index contributed by atoms with van der Waals surface area (Å²) in [6.07, 6.45) is 13.1. The maximum Gasteiger partial charge on any atom is -0.0443 e. The fourth-order valence-electron chi connectivity index (χ4n) is 0.862. The molecular weight excluding hydrogens is 156 g/mol. The first-order valence-electron chi connectivity index (χ1n) is 6.31. The Hall–Kier alpha value is 0. The molecule has 2 saturated carbocycles. The first-order valence-corrected chi connectivity index (χ1v) is 6.31. The Morgan fingerprint density at radius 3 is 1.08 bits per heavy atom. The van der Waals surface area contributed by atoms with Gasteiger partial charge in [0.2, 0.25) is 0 Å². The van der Waals surface area contributed by atoms with Gasteiger partial charge in [-0.1, -0.05) is 78.6 Å². The molecule has 13 heavy (non-hydrogen) atoms. The van der Waals surface area contributed by atoms with E-state index in [0.717, 1.165) is 5.92 Å². The number of unbranched alkanes of at least 4 members (excludes halogenated alkanes) is 1. The minimum absolute atomic E-state index is 1.06. The van der Waals surface area contributed by atoms with Crippen LogP contribution in [0.15, 0.2) is 0 Å². The van der Waals surface area contributed by atoms with Crippen molar-refractivity contribution in [2.75, 3.05) is 0 Å². The van der Waals surface area contributed by atoms with Crippen molar-refractivity contribution in [1.82, 2.24) is 0 Å². The predicted octanol–water partition coefficient (Wildman–Crippen LogP) is 5.17. The maximum atomic E-state index is 2.31. The molecule has 2 fully saturated rings. The lowest BCUT2D eigenvalue weighted by Crippen LogP contribution is -2.04. The number of hydrogen-bond donors (Lipinski definition) is 0. The van der Waals surface area contributed by atoms with Crippen molar-refractivity contribution < 1.29 is 0 Å². The minimum Gasteiger partial charge on any atom is -0.0654 e. The molecule has 0 atom stereocenters. The highest BCUT2D eigenvalue weighted by Gasteiger charge is 2.09. The summed E-state index contributed by atoms with van der Waals surface area (Å²) in [4.78, 5) is 0. The topological polar surface area (TPSA) is 0 Å². The van der Waals surface area contributed by atoms with Crippen LogP contribution in [0.3, 0.4) is 0 Å². The van der Waals surface area contributed by atoms with Crippen LogP contribution in [0.2, 0.25) is 0 Å². The molecular formula is C13H28. The van der Waals surface area contributed by atoms with Crippen LogP contribution in [0.1, 0.15) is 78.6 Å². The van der Waals surface area contributed by atoms with Crippen molar-refractivity contribution in [1.29, 1.82) is 0 Å². The predicted molar refractivity (Wildman–Crippen MR) is 62.1 cm³/mol.